The number of aromatic nitrogens is 2. The summed E-state index contributed by atoms with van der Waals surface area (Å²) < 4.78 is 32.0. The van der Waals surface area contributed by atoms with Crippen LogP contribution < -0.4 is 32.4 Å². The number of hydrogen-bond donors (Lipinski definition) is 8. The lowest BCUT2D eigenvalue weighted by Gasteiger charge is -2.11. The van der Waals surface area contributed by atoms with Gasteiger partial charge in [-0.2, -0.15) is 22.8 Å². The Balaban J connectivity index is 0. The lowest BCUT2D eigenvalue weighted by Crippen LogP contribution is -2.48. The van der Waals surface area contributed by atoms with Gasteiger partial charge >= 0.3 is 5.97 Å². The summed E-state index contributed by atoms with van der Waals surface area (Å²) in [5, 5.41) is 21.2. The largest absolute Gasteiger partial charge is 0.480 e. The van der Waals surface area contributed by atoms with E-state index in [4.69, 9.17) is 31.9 Å². The molecule has 1 rings (SSSR count). The third-order valence-electron chi connectivity index (χ3n) is 3.32. The van der Waals surface area contributed by atoms with Crippen LogP contribution >= 0.6 is 0 Å². The first-order valence-corrected chi connectivity index (χ1v) is 10.8. The van der Waals surface area contributed by atoms with Gasteiger partial charge in [-0.1, -0.05) is 12.1 Å². The standard InChI is InChI=1S/C11H22N8O6S.C3H7NO.C2H2/c12-6(2-1-3-15-11(13)14)9-17-8(25-18-9)4-16-26(23,24)19-7(5-20)10(21)22;1-2-3(4)5;1-2/h6-7,16,19-20H,1-5,12H2,(H,21,22)(H4,13,14,15);2H2,1H3,(H2,4,5);1-2H/t6-,7-;;/m0../s1. The van der Waals surface area contributed by atoms with E-state index < -0.39 is 34.9 Å². The Morgan fingerprint density at radius 2 is 1.85 bits per heavy atom. The van der Waals surface area contributed by atoms with Crippen LogP contribution in [0.25, 0.3) is 0 Å². The van der Waals surface area contributed by atoms with E-state index in [0.717, 1.165) is 0 Å². The fraction of sp³-hybridized carbons (Fsp3) is 0.562. The van der Waals surface area contributed by atoms with E-state index >= 15 is 0 Å². The molecule has 0 fully saturated rings. The summed E-state index contributed by atoms with van der Waals surface area (Å²) in [6, 6.07) is -2.23. The molecule has 0 aliphatic heterocycles. The second-order valence-electron chi connectivity index (χ2n) is 5.94. The molecule has 188 valence electrons. The van der Waals surface area contributed by atoms with E-state index in [1.807, 2.05) is 4.72 Å². The highest BCUT2D eigenvalue weighted by Gasteiger charge is 2.23. The van der Waals surface area contributed by atoms with Crippen LogP contribution in [0.2, 0.25) is 0 Å². The molecule has 0 aliphatic carbocycles. The van der Waals surface area contributed by atoms with Crippen LogP contribution in [-0.2, 0) is 26.3 Å². The predicted molar refractivity (Wildman–Crippen MR) is 118 cm³/mol. The normalized spacial score (nSPS) is 12.2. The number of carbonyl (C=O) groups excluding carboxylic acids is 1. The van der Waals surface area contributed by atoms with E-state index in [1.165, 1.54) is 0 Å². The van der Waals surface area contributed by atoms with Gasteiger partial charge in [0, 0.05) is 13.0 Å². The van der Waals surface area contributed by atoms with E-state index in [0.29, 0.717) is 25.8 Å². The summed E-state index contributed by atoms with van der Waals surface area (Å²) >= 11 is 0. The Bertz CT molecular complexity index is 867. The number of carboxylic acids is 1. The van der Waals surface area contributed by atoms with E-state index in [2.05, 4.69) is 33.7 Å². The number of aliphatic hydroxyl groups is 1. The van der Waals surface area contributed by atoms with Crippen molar-refractivity contribution in [2.24, 2.45) is 27.9 Å². The molecule has 2 atom stereocenters. The number of aliphatic imine (C=N–C) groups is 1. The van der Waals surface area contributed by atoms with Crippen LogP contribution in [0.1, 0.15) is 43.9 Å². The molecule has 0 saturated carbocycles. The Morgan fingerprint density at radius 3 is 2.30 bits per heavy atom. The predicted octanol–water partition coefficient (Wildman–Crippen LogP) is -3.38. The summed E-state index contributed by atoms with van der Waals surface area (Å²) in [7, 11) is -4.21. The molecule has 0 unspecified atom stereocenters. The number of aliphatic hydroxyl groups excluding tert-OH is 1. The Hall–Kier alpha value is -3.30. The Kier molecular flexibility index (Phi) is 16.7. The van der Waals surface area contributed by atoms with Crippen molar-refractivity contribution in [1.82, 2.24) is 19.6 Å². The maximum Gasteiger partial charge on any atom is 0.324 e. The van der Waals surface area contributed by atoms with Crippen molar-refractivity contribution in [3.8, 4) is 12.8 Å². The molecule has 1 amide bonds. The van der Waals surface area contributed by atoms with Crippen molar-refractivity contribution in [3.63, 3.8) is 0 Å². The van der Waals surface area contributed by atoms with Crippen molar-refractivity contribution in [2.75, 3.05) is 13.2 Å². The van der Waals surface area contributed by atoms with Gasteiger partial charge in [0.25, 0.3) is 10.2 Å². The minimum atomic E-state index is -4.21. The minimum Gasteiger partial charge on any atom is -0.480 e. The highest BCUT2D eigenvalue weighted by atomic mass is 32.2. The van der Waals surface area contributed by atoms with Gasteiger partial charge in [0.1, 0.15) is 6.04 Å². The molecule has 33 heavy (non-hydrogen) atoms. The van der Waals surface area contributed by atoms with Gasteiger partial charge in [-0.3, -0.25) is 14.6 Å². The number of carboxylic acid groups (broad SMARTS) is 1. The van der Waals surface area contributed by atoms with Gasteiger partial charge in [-0.25, -0.2) is 0 Å². The molecule has 0 bridgehead atoms. The molecule has 12 N–H and O–H groups in total. The van der Waals surface area contributed by atoms with Crippen molar-refractivity contribution in [2.45, 2.75) is 44.8 Å². The molecule has 0 radical (unpaired) electrons. The quantitative estimate of drug-likeness (QED) is 0.0578. The first kappa shape index (κ1) is 31.9. The molecule has 0 saturated heterocycles. The number of rotatable bonds is 13. The fourth-order valence-electron chi connectivity index (χ4n) is 1.69. The van der Waals surface area contributed by atoms with Gasteiger partial charge in [0.15, 0.2) is 11.8 Å². The van der Waals surface area contributed by atoms with Gasteiger partial charge in [-0.15, -0.1) is 12.8 Å². The average Bonchev–Trinajstić information content (AvgIpc) is 3.24. The van der Waals surface area contributed by atoms with Crippen LogP contribution in [-0.4, -0.2) is 65.8 Å². The Labute approximate surface area is 191 Å². The van der Waals surface area contributed by atoms with E-state index in [-0.39, 0.29) is 30.1 Å². The molecular weight excluding hydrogens is 462 g/mol. The zero-order valence-corrected chi connectivity index (χ0v) is 18.9. The Morgan fingerprint density at radius 1 is 1.27 bits per heavy atom. The number of carbonyl (C=O) groups is 2. The zero-order valence-electron chi connectivity index (χ0n) is 18.0. The summed E-state index contributed by atoms with van der Waals surface area (Å²) in [5.41, 5.74) is 20.9. The lowest BCUT2D eigenvalue weighted by atomic mass is 10.1. The van der Waals surface area contributed by atoms with Crippen molar-refractivity contribution < 1.29 is 32.7 Å². The molecule has 1 aromatic heterocycles. The van der Waals surface area contributed by atoms with Crippen molar-refractivity contribution in [3.05, 3.63) is 11.7 Å². The van der Waals surface area contributed by atoms with Gasteiger partial charge < -0.3 is 37.7 Å². The number of aliphatic carboxylic acids is 1. The monoisotopic (exact) mass is 493 g/mol. The van der Waals surface area contributed by atoms with Crippen molar-refractivity contribution in [1.29, 1.82) is 0 Å². The molecule has 17 heteroatoms. The molecule has 0 aromatic carbocycles. The van der Waals surface area contributed by atoms with Crippen LogP contribution in [0, 0.1) is 12.8 Å². The zero-order chi connectivity index (χ0) is 26.0. The maximum absolute atomic E-state index is 11.7. The first-order valence-electron chi connectivity index (χ1n) is 9.27. The molecular formula is C16H31N9O7S. The smallest absolute Gasteiger partial charge is 0.324 e. The molecule has 1 aromatic rings. The fourth-order valence-corrected chi connectivity index (χ4v) is 2.64. The average molecular weight is 494 g/mol. The van der Waals surface area contributed by atoms with E-state index in [1.54, 1.807) is 11.6 Å². The molecule has 16 nitrogen and oxygen atoms in total. The second kappa shape index (κ2) is 17.3. The topological polar surface area (TPSA) is 288 Å². The van der Waals surface area contributed by atoms with Crippen LogP contribution in [0.15, 0.2) is 9.52 Å². The van der Waals surface area contributed by atoms with Crippen molar-refractivity contribution >= 4 is 28.0 Å². The molecule has 0 aliphatic rings. The number of terminal acetylenes is 1. The number of hydrogen-bond acceptors (Lipinski definition) is 10. The van der Waals surface area contributed by atoms with Crippen LogP contribution in [0.5, 0.6) is 0 Å². The SMILES string of the molecule is C#C.CCC(N)=O.NC(N)=NCCC[C@H](N)c1noc(CNS(=O)(=O)N[C@@H](CO)C(=O)O)n1. The molecule has 0 spiro atoms. The van der Waals surface area contributed by atoms with Gasteiger partial charge in [0.05, 0.1) is 19.2 Å². The third kappa shape index (κ3) is 16.1. The summed E-state index contributed by atoms with van der Waals surface area (Å²) in [6.07, 6.45) is 9.50. The summed E-state index contributed by atoms with van der Waals surface area (Å²) in [6.45, 7) is 0.820. The number of nitrogens with two attached hydrogens (primary N) is 4. The summed E-state index contributed by atoms with van der Waals surface area (Å²) in [4.78, 5) is 28.1. The number of nitrogens with zero attached hydrogens (tertiary/aromatic N) is 3. The first-order chi connectivity index (χ1) is 15.4. The van der Waals surface area contributed by atoms with Crippen LogP contribution in [0.3, 0.4) is 0 Å². The van der Waals surface area contributed by atoms with E-state index in [9.17, 15) is 18.0 Å². The number of guanidine groups is 1. The molecule has 1 heterocycles. The second-order valence-corrected chi connectivity index (χ2v) is 7.47. The minimum absolute atomic E-state index is 0.0207. The van der Waals surface area contributed by atoms with Crippen LogP contribution in [0.4, 0.5) is 0 Å². The third-order valence-corrected chi connectivity index (χ3v) is 4.44. The highest BCUT2D eigenvalue weighted by molar-refractivity contribution is 7.87. The summed E-state index contributed by atoms with van der Waals surface area (Å²) in [5.74, 6) is -1.68. The van der Waals surface area contributed by atoms with Gasteiger partial charge in [0.2, 0.25) is 11.8 Å². The number of amides is 1. The number of primary amides is 1. The van der Waals surface area contributed by atoms with Gasteiger partial charge in [-0.05, 0) is 12.8 Å². The lowest BCUT2D eigenvalue weighted by molar-refractivity contribution is -0.139. The highest BCUT2D eigenvalue weighted by Crippen LogP contribution is 2.12. The maximum atomic E-state index is 11.7. The number of nitrogens with one attached hydrogen (secondary N) is 2.